The Morgan fingerprint density at radius 2 is 2.33 bits per heavy atom. The van der Waals surface area contributed by atoms with Gasteiger partial charge in [0.25, 0.3) is 0 Å². The van der Waals surface area contributed by atoms with E-state index in [1.807, 2.05) is 0 Å². The summed E-state index contributed by atoms with van der Waals surface area (Å²) in [6.45, 7) is 3.14. The van der Waals surface area contributed by atoms with Crippen molar-refractivity contribution < 1.29 is 0 Å². The van der Waals surface area contributed by atoms with Crippen LogP contribution in [0.25, 0.3) is 10.2 Å². The molecule has 0 aliphatic heterocycles. The lowest BCUT2D eigenvalue weighted by atomic mass is 9.94. The SMILES string of the molecule is Cc1nc2ccc(NCC3CC=CCC3)cc2s1. The van der Waals surface area contributed by atoms with E-state index in [-0.39, 0.29) is 0 Å². The highest BCUT2D eigenvalue weighted by atomic mass is 32.1. The predicted octanol–water partition coefficient (Wildman–Crippen LogP) is 4.37. The zero-order valence-electron chi connectivity index (χ0n) is 10.6. The molecule has 0 saturated heterocycles. The fraction of sp³-hybridized carbons (Fsp3) is 0.400. The minimum absolute atomic E-state index is 0.786. The van der Waals surface area contributed by atoms with E-state index in [9.17, 15) is 0 Å². The molecule has 3 rings (SSSR count). The number of hydrogen-bond acceptors (Lipinski definition) is 3. The van der Waals surface area contributed by atoms with Gasteiger partial charge in [-0.05, 0) is 50.3 Å². The fourth-order valence-electron chi connectivity index (χ4n) is 2.45. The van der Waals surface area contributed by atoms with Crippen LogP contribution in [0.3, 0.4) is 0 Å². The summed E-state index contributed by atoms with van der Waals surface area (Å²) >= 11 is 1.77. The molecule has 1 atom stereocenters. The van der Waals surface area contributed by atoms with Crippen LogP contribution in [0.5, 0.6) is 0 Å². The van der Waals surface area contributed by atoms with Gasteiger partial charge in [-0.15, -0.1) is 11.3 Å². The number of anilines is 1. The molecular weight excluding hydrogens is 240 g/mol. The molecule has 18 heavy (non-hydrogen) atoms. The maximum atomic E-state index is 4.49. The monoisotopic (exact) mass is 258 g/mol. The Hall–Kier alpha value is -1.35. The van der Waals surface area contributed by atoms with Crippen LogP contribution in [0.2, 0.25) is 0 Å². The Balaban J connectivity index is 1.68. The van der Waals surface area contributed by atoms with E-state index in [0.717, 1.165) is 23.0 Å². The van der Waals surface area contributed by atoms with Gasteiger partial charge in [-0.1, -0.05) is 12.2 Å². The van der Waals surface area contributed by atoms with Crippen molar-refractivity contribution in [1.29, 1.82) is 0 Å². The van der Waals surface area contributed by atoms with Gasteiger partial charge in [0.1, 0.15) is 0 Å². The highest BCUT2D eigenvalue weighted by Crippen LogP contribution is 2.25. The van der Waals surface area contributed by atoms with Crippen molar-refractivity contribution in [3.8, 4) is 0 Å². The van der Waals surface area contributed by atoms with Gasteiger partial charge in [0.2, 0.25) is 0 Å². The lowest BCUT2D eigenvalue weighted by Crippen LogP contribution is -2.15. The number of nitrogens with zero attached hydrogens (tertiary/aromatic N) is 1. The molecule has 1 heterocycles. The first-order valence-electron chi connectivity index (χ1n) is 6.57. The highest BCUT2D eigenvalue weighted by Gasteiger charge is 2.09. The third-order valence-electron chi connectivity index (χ3n) is 3.47. The molecule has 0 saturated carbocycles. The van der Waals surface area contributed by atoms with Crippen molar-refractivity contribution in [3.63, 3.8) is 0 Å². The molecule has 3 heteroatoms. The molecule has 94 valence electrons. The van der Waals surface area contributed by atoms with Gasteiger partial charge in [0.05, 0.1) is 15.2 Å². The molecule has 0 radical (unpaired) electrons. The number of aromatic nitrogens is 1. The van der Waals surface area contributed by atoms with Crippen LogP contribution >= 0.6 is 11.3 Å². The Morgan fingerprint density at radius 1 is 1.39 bits per heavy atom. The molecule has 2 aromatic rings. The number of fused-ring (bicyclic) bond motifs is 1. The van der Waals surface area contributed by atoms with Gasteiger partial charge in [0.15, 0.2) is 0 Å². The van der Waals surface area contributed by atoms with E-state index < -0.39 is 0 Å². The summed E-state index contributed by atoms with van der Waals surface area (Å²) in [5, 5.41) is 4.70. The molecule has 0 spiro atoms. The van der Waals surface area contributed by atoms with Crippen molar-refractivity contribution in [1.82, 2.24) is 4.98 Å². The lowest BCUT2D eigenvalue weighted by molar-refractivity contribution is 0.504. The maximum Gasteiger partial charge on any atom is 0.0907 e. The summed E-state index contributed by atoms with van der Waals surface area (Å²) in [4.78, 5) is 4.49. The zero-order valence-corrected chi connectivity index (χ0v) is 11.5. The van der Waals surface area contributed by atoms with Gasteiger partial charge < -0.3 is 5.32 Å². The third-order valence-corrected chi connectivity index (χ3v) is 4.40. The van der Waals surface area contributed by atoms with E-state index >= 15 is 0 Å². The van der Waals surface area contributed by atoms with Crippen molar-refractivity contribution in [2.24, 2.45) is 5.92 Å². The van der Waals surface area contributed by atoms with Crippen LogP contribution in [-0.2, 0) is 0 Å². The van der Waals surface area contributed by atoms with Gasteiger partial charge in [-0.3, -0.25) is 0 Å². The molecular formula is C15H18N2S. The average molecular weight is 258 g/mol. The van der Waals surface area contributed by atoms with Crippen molar-refractivity contribution in [2.45, 2.75) is 26.2 Å². The topological polar surface area (TPSA) is 24.9 Å². The molecule has 1 N–H and O–H groups in total. The number of hydrogen-bond donors (Lipinski definition) is 1. The molecule has 1 unspecified atom stereocenters. The lowest BCUT2D eigenvalue weighted by Gasteiger charge is -2.18. The summed E-state index contributed by atoms with van der Waals surface area (Å²) in [5.41, 5.74) is 2.34. The van der Waals surface area contributed by atoms with Crippen LogP contribution in [0.4, 0.5) is 5.69 Å². The van der Waals surface area contributed by atoms with E-state index in [1.165, 1.54) is 29.6 Å². The summed E-state index contributed by atoms with van der Waals surface area (Å²) in [7, 11) is 0. The Morgan fingerprint density at radius 3 is 3.17 bits per heavy atom. The molecule has 2 nitrogen and oxygen atoms in total. The van der Waals surface area contributed by atoms with Crippen LogP contribution in [0.1, 0.15) is 24.3 Å². The zero-order chi connectivity index (χ0) is 12.4. The quantitative estimate of drug-likeness (QED) is 0.827. The molecule has 0 fully saturated rings. The van der Waals surface area contributed by atoms with E-state index in [4.69, 9.17) is 0 Å². The minimum Gasteiger partial charge on any atom is -0.385 e. The van der Waals surface area contributed by atoms with Gasteiger partial charge in [-0.25, -0.2) is 4.98 Å². The smallest absolute Gasteiger partial charge is 0.0907 e. The van der Waals surface area contributed by atoms with Crippen LogP contribution in [0, 0.1) is 12.8 Å². The minimum atomic E-state index is 0.786. The molecule has 0 bridgehead atoms. The first-order chi connectivity index (χ1) is 8.81. The summed E-state index contributed by atoms with van der Waals surface area (Å²) < 4.78 is 1.28. The van der Waals surface area contributed by atoms with Crippen LogP contribution < -0.4 is 5.32 Å². The number of allylic oxidation sites excluding steroid dienone is 2. The second-order valence-corrected chi connectivity index (χ2v) is 6.18. The molecule has 1 aliphatic rings. The average Bonchev–Trinajstić information content (AvgIpc) is 2.77. The van der Waals surface area contributed by atoms with Crippen LogP contribution in [0.15, 0.2) is 30.4 Å². The standard InChI is InChI=1S/C15H18N2S/c1-11-17-14-8-7-13(9-15(14)18-11)16-10-12-5-3-2-4-6-12/h2-3,7-9,12,16H,4-6,10H2,1H3. The number of benzene rings is 1. The number of nitrogens with one attached hydrogen (secondary N) is 1. The first kappa shape index (κ1) is 11.7. The van der Waals surface area contributed by atoms with Gasteiger partial charge >= 0.3 is 0 Å². The maximum absolute atomic E-state index is 4.49. The summed E-state index contributed by atoms with van der Waals surface area (Å²) in [5.74, 6) is 0.786. The highest BCUT2D eigenvalue weighted by molar-refractivity contribution is 7.18. The van der Waals surface area contributed by atoms with Gasteiger partial charge in [0, 0.05) is 12.2 Å². The normalized spacial score (nSPS) is 19.3. The van der Waals surface area contributed by atoms with Crippen molar-refractivity contribution in [2.75, 3.05) is 11.9 Å². The second kappa shape index (κ2) is 5.11. The number of rotatable bonds is 3. The Kier molecular flexibility index (Phi) is 3.33. The van der Waals surface area contributed by atoms with E-state index in [0.29, 0.717) is 0 Å². The number of thiazole rings is 1. The van der Waals surface area contributed by atoms with Crippen LogP contribution in [-0.4, -0.2) is 11.5 Å². The fourth-order valence-corrected chi connectivity index (χ4v) is 3.32. The largest absolute Gasteiger partial charge is 0.385 e. The number of aryl methyl sites for hydroxylation is 1. The second-order valence-electron chi connectivity index (χ2n) is 4.95. The Bertz CT molecular complexity index is 571. The summed E-state index contributed by atoms with van der Waals surface area (Å²) in [6, 6.07) is 6.47. The van der Waals surface area contributed by atoms with Gasteiger partial charge in [-0.2, -0.15) is 0 Å². The van der Waals surface area contributed by atoms with E-state index in [1.54, 1.807) is 11.3 Å². The molecule has 1 aliphatic carbocycles. The van der Waals surface area contributed by atoms with Crippen molar-refractivity contribution >= 4 is 27.2 Å². The third kappa shape index (κ3) is 2.56. The van der Waals surface area contributed by atoms with Crippen molar-refractivity contribution in [3.05, 3.63) is 35.4 Å². The molecule has 0 amide bonds. The Labute approximate surface area is 112 Å². The molecule has 1 aromatic heterocycles. The molecule has 1 aromatic carbocycles. The first-order valence-corrected chi connectivity index (χ1v) is 7.39. The van der Waals surface area contributed by atoms with E-state index in [2.05, 4.69) is 47.6 Å². The predicted molar refractivity (Wildman–Crippen MR) is 79.3 cm³/mol. The summed E-state index contributed by atoms with van der Waals surface area (Å²) in [6.07, 6.45) is 8.37.